The number of methoxy groups -OCH3 is 1. The summed E-state index contributed by atoms with van der Waals surface area (Å²) in [5.74, 6) is 0.619. The van der Waals surface area contributed by atoms with Crippen LogP contribution in [0.25, 0.3) is 0 Å². The first kappa shape index (κ1) is 16.4. The summed E-state index contributed by atoms with van der Waals surface area (Å²) in [6, 6.07) is 0.148. The second-order valence-corrected chi connectivity index (χ2v) is 6.11. The van der Waals surface area contributed by atoms with E-state index in [0.717, 1.165) is 19.3 Å². The van der Waals surface area contributed by atoms with Crippen molar-refractivity contribution in [2.24, 2.45) is 5.92 Å². The fourth-order valence-electron chi connectivity index (χ4n) is 2.81. The second kappa shape index (κ2) is 6.71. The van der Waals surface area contributed by atoms with Gasteiger partial charge in [-0.25, -0.2) is 0 Å². The second-order valence-electron chi connectivity index (χ2n) is 6.11. The van der Waals surface area contributed by atoms with E-state index in [9.17, 15) is 4.79 Å². The van der Waals surface area contributed by atoms with Crippen molar-refractivity contribution in [3.63, 3.8) is 0 Å². The van der Waals surface area contributed by atoms with Gasteiger partial charge in [-0.15, -0.1) is 0 Å². The number of ether oxygens (including phenoxy) is 1. The number of carbonyl (C=O) groups is 1. The molecule has 4 nitrogen and oxygen atoms in total. The average molecular weight is 270 g/mol. The summed E-state index contributed by atoms with van der Waals surface area (Å²) in [4.78, 5) is 14.8. The zero-order chi connectivity index (χ0) is 14.6. The van der Waals surface area contributed by atoms with Gasteiger partial charge in [0.2, 0.25) is 5.91 Å². The molecule has 1 aliphatic rings. The zero-order valence-corrected chi connectivity index (χ0v) is 13.3. The fourth-order valence-corrected chi connectivity index (χ4v) is 2.81. The van der Waals surface area contributed by atoms with Gasteiger partial charge in [0, 0.05) is 7.11 Å². The fraction of sp³-hybridized carbons (Fsp3) is 0.933. The third kappa shape index (κ3) is 3.29. The zero-order valence-electron chi connectivity index (χ0n) is 13.3. The largest absolute Gasteiger partial charge is 0.383 e. The molecule has 3 atom stereocenters. The SMILES string of the molecule is CCCC1NC(C)(CC)C(=O)N1C(COC)C(C)C. The van der Waals surface area contributed by atoms with Gasteiger partial charge in [0.1, 0.15) is 0 Å². The Labute approximate surface area is 117 Å². The molecule has 1 heterocycles. The predicted molar refractivity (Wildman–Crippen MR) is 77.9 cm³/mol. The molecule has 0 saturated carbocycles. The van der Waals surface area contributed by atoms with Crippen molar-refractivity contribution in [1.29, 1.82) is 0 Å². The minimum absolute atomic E-state index is 0.144. The number of hydrogen-bond acceptors (Lipinski definition) is 3. The van der Waals surface area contributed by atoms with Crippen LogP contribution in [0.2, 0.25) is 0 Å². The summed E-state index contributed by atoms with van der Waals surface area (Å²) >= 11 is 0. The maximum absolute atomic E-state index is 12.8. The van der Waals surface area contributed by atoms with Crippen LogP contribution in [0.1, 0.15) is 53.9 Å². The lowest BCUT2D eigenvalue weighted by atomic mass is 9.97. The first-order valence-electron chi connectivity index (χ1n) is 7.50. The van der Waals surface area contributed by atoms with Crippen LogP contribution >= 0.6 is 0 Å². The number of nitrogens with zero attached hydrogens (tertiary/aromatic N) is 1. The van der Waals surface area contributed by atoms with Crippen LogP contribution in [0.15, 0.2) is 0 Å². The molecule has 19 heavy (non-hydrogen) atoms. The topological polar surface area (TPSA) is 41.6 Å². The smallest absolute Gasteiger partial charge is 0.244 e. The third-order valence-electron chi connectivity index (χ3n) is 4.26. The monoisotopic (exact) mass is 270 g/mol. The van der Waals surface area contributed by atoms with Gasteiger partial charge in [-0.3, -0.25) is 10.1 Å². The molecule has 0 radical (unpaired) electrons. The molecule has 1 saturated heterocycles. The molecular formula is C15H30N2O2. The minimum Gasteiger partial charge on any atom is -0.383 e. The maximum atomic E-state index is 12.8. The van der Waals surface area contributed by atoms with Crippen LogP contribution in [0.5, 0.6) is 0 Å². The Hall–Kier alpha value is -0.610. The highest BCUT2D eigenvalue weighted by Crippen LogP contribution is 2.29. The molecule has 1 amide bonds. The van der Waals surface area contributed by atoms with Gasteiger partial charge in [-0.1, -0.05) is 34.1 Å². The molecule has 1 N–H and O–H groups in total. The summed E-state index contributed by atoms with van der Waals surface area (Å²) in [5.41, 5.74) is -0.416. The van der Waals surface area contributed by atoms with Gasteiger partial charge >= 0.3 is 0 Å². The van der Waals surface area contributed by atoms with Crippen molar-refractivity contribution >= 4 is 5.91 Å². The molecule has 1 rings (SSSR count). The number of nitrogens with one attached hydrogen (secondary N) is 1. The van der Waals surface area contributed by atoms with Gasteiger partial charge < -0.3 is 9.64 Å². The number of carbonyl (C=O) groups excluding carboxylic acids is 1. The van der Waals surface area contributed by atoms with E-state index in [-0.39, 0.29) is 18.1 Å². The molecule has 0 bridgehead atoms. The van der Waals surface area contributed by atoms with Crippen molar-refractivity contribution in [2.75, 3.05) is 13.7 Å². The molecule has 0 aromatic rings. The minimum atomic E-state index is -0.416. The molecule has 0 aliphatic carbocycles. The van der Waals surface area contributed by atoms with Crippen LogP contribution < -0.4 is 5.32 Å². The summed E-state index contributed by atoms with van der Waals surface area (Å²) in [5, 5.41) is 3.53. The van der Waals surface area contributed by atoms with E-state index in [1.807, 2.05) is 11.8 Å². The van der Waals surface area contributed by atoms with E-state index in [2.05, 4.69) is 33.0 Å². The van der Waals surface area contributed by atoms with Crippen LogP contribution in [0.4, 0.5) is 0 Å². The maximum Gasteiger partial charge on any atom is 0.244 e. The van der Waals surface area contributed by atoms with Gasteiger partial charge in [-0.2, -0.15) is 0 Å². The first-order valence-corrected chi connectivity index (χ1v) is 7.50. The van der Waals surface area contributed by atoms with Crippen LogP contribution in [-0.4, -0.2) is 42.3 Å². The van der Waals surface area contributed by atoms with Crippen molar-refractivity contribution in [3.8, 4) is 0 Å². The van der Waals surface area contributed by atoms with Crippen molar-refractivity contribution in [2.45, 2.75) is 71.6 Å². The van der Waals surface area contributed by atoms with E-state index in [4.69, 9.17) is 4.74 Å². The molecule has 3 unspecified atom stereocenters. The third-order valence-corrected chi connectivity index (χ3v) is 4.26. The highest BCUT2D eigenvalue weighted by atomic mass is 16.5. The van der Waals surface area contributed by atoms with E-state index >= 15 is 0 Å². The Bertz CT molecular complexity index is 307. The van der Waals surface area contributed by atoms with Crippen molar-refractivity contribution in [1.82, 2.24) is 10.2 Å². The summed E-state index contributed by atoms with van der Waals surface area (Å²) in [7, 11) is 1.71. The lowest BCUT2D eigenvalue weighted by Gasteiger charge is -2.35. The molecule has 0 spiro atoms. The molecule has 0 aromatic carbocycles. The molecule has 112 valence electrons. The van der Waals surface area contributed by atoms with Crippen LogP contribution in [0.3, 0.4) is 0 Å². The van der Waals surface area contributed by atoms with E-state index in [1.54, 1.807) is 7.11 Å². The number of hydrogen-bond donors (Lipinski definition) is 1. The standard InChI is InChI=1S/C15H30N2O2/c1-7-9-13-16-15(5,8-2)14(18)17(13)12(10-19-6)11(3)4/h11-13,16H,7-10H2,1-6H3. The Morgan fingerprint density at radius 2 is 2.05 bits per heavy atom. The normalized spacial score (nSPS) is 29.3. The van der Waals surface area contributed by atoms with E-state index in [1.165, 1.54) is 0 Å². The Kier molecular flexibility index (Phi) is 5.81. The molecule has 4 heteroatoms. The Morgan fingerprint density at radius 3 is 2.47 bits per heavy atom. The first-order chi connectivity index (χ1) is 8.91. The molecule has 0 aromatic heterocycles. The van der Waals surface area contributed by atoms with Crippen molar-refractivity contribution < 1.29 is 9.53 Å². The predicted octanol–water partition coefficient (Wildman–Crippen LogP) is 2.38. The van der Waals surface area contributed by atoms with E-state index < -0.39 is 5.54 Å². The van der Waals surface area contributed by atoms with Gasteiger partial charge in [0.05, 0.1) is 24.4 Å². The lowest BCUT2D eigenvalue weighted by Crippen LogP contribution is -2.49. The molecule has 1 aliphatic heterocycles. The van der Waals surface area contributed by atoms with Crippen LogP contribution in [0, 0.1) is 5.92 Å². The van der Waals surface area contributed by atoms with Gasteiger partial charge in [-0.05, 0) is 25.7 Å². The highest BCUT2D eigenvalue weighted by molar-refractivity contribution is 5.88. The summed E-state index contributed by atoms with van der Waals surface area (Å²) < 4.78 is 5.33. The summed E-state index contributed by atoms with van der Waals surface area (Å²) in [6.07, 6.45) is 3.03. The van der Waals surface area contributed by atoms with E-state index in [0.29, 0.717) is 12.5 Å². The summed E-state index contributed by atoms with van der Waals surface area (Å²) in [6.45, 7) is 11.2. The van der Waals surface area contributed by atoms with Crippen LogP contribution in [-0.2, 0) is 9.53 Å². The van der Waals surface area contributed by atoms with Crippen molar-refractivity contribution in [3.05, 3.63) is 0 Å². The number of rotatable bonds is 7. The van der Waals surface area contributed by atoms with Gasteiger partial charge in [0.25, 0.3) is 0 Å². The van der Waals surface area contributed by atoms with Gasteiger partial charge in [0.15, 0.2) is 0 Å². The Morgan fingerprint density at radius 1 is 1.42 bits per heavy atom. The Balaban J connectivity index is 3.01. The quantitative estimate of drug-likeness (QED) is 0.772. The highest BCUT2D eigenvalue weighted by Gasteiger charge is 2.49. The lowest BCUT2D eigenvalue weighted by molar-refractivity contribution is -0.137. The number of amides is 1. The molecule has 1 fully saturated rings. The molecular weight excluding hydrogens is 240 g/mol. The average Bonchev–Trinajstić information content (AvgIpc) is 2.60.